The summed E-state index contributed by atoms with van der Waals surface area (Å²) < 4.78 is 1.15. The topological polar surface area (TPSA) is 32.3 Å². The van der Waals surface area contributed by atoms with Crippen molar-refractivity contribution in [1.82, 2.24) is 4.90 Å². The average molecular weight is 394 g/mol. The molecule has 0 aliphatic heterocycles. The van der Waals surface area contributed by atoms with Gasteiger partial charge in [0, 0.05) is 22.8 Å². The van der Waals surface area contributed by atoms with E-state index in [0.29, 0.717) is 6.54 Å². The highest BCUT2D eigenvalue weighted by atomic mass is 127. The van der Waals surface area contributed by atoms with Gasteiger partial charge in [0.05, 0.1) is 0 Å². The van der Waals surface area contributed by atoms with Gasteiger partial charge >= 0.3 is 0 Å². The number of rotatable bonds is 5. The highest BCUT2D eigenvalue weighted by Crippen LogP contribution is 2.14. The monoisotopic (exact) mass is 394 g/mol. The van der Waals surface area contributed by atoms with Gasteiger partial charge in [-0.2, -0.15) is 0 Å². The van der Waals surface area contributed by atoms with Crippen molar-refractivity contribution in [3.8, 4) is 0 Å². The van der Waals surface area contributed by atoms with E-state index < -0.39 is 0 Å². The molecule has 1 N–H and O–H groups in total. The van der Waals surface area contributed by atoms with E-state index in [-0.39, 0.29) is 11.9 Å². The van der Waals surface area contributed by atoms with Crippen LogP contribution >= 0.6 is 22.6 Å². The molecule has 2 aromatic rings. The number of likely N-dealkylation sites (N-methyl/N-ethyl adjacent to an activating group) is 1. The summed E-state index contributed by atoms with van der Waals surface area (Å²) in [5.41, 5.74) is 2.10. The fourth-order valence-corrected chi connectivity index (χ4v) is 2.70. The van der Waals surface area contributed by atoms with Gasteiger partial charge in [0.25, 0.3) is 0 Å². The zero-order valence-corrected chi connectivity index (χ0v) is 14.4. The van der Waals surface area contributed by atoms with E-state index in [1.165, 1.54) is 0 Å². The van der Waals surface area contributed by atoms with Crippen LogP contribution in [0.3, 0.4) is 0 Å². The third kappa shape index (κ3) is 4.74. The lowest BCUT2D eigenvalue weighted by molar-refractivity contribution is -0.130. The van der Waals surface area contributed by atoms with Crippen LogP contribution in [0.25, 0.3) is 0 Å². The van der Waals surface area contributed by atoms with Crippen LogP contribution < -0.4 is 5.32 Å². The number of anilines is 1. The normalized spacial score (nSPS) is 11.8. The smallest absolute Gasteiger partial charge is 0.244 e. The number of nitrogens with one attached hydrogen (secondary N) is 1. The van der Waals surface area contributed by atoms with E-state index >= 15 is 0 Å². The Balaban J connectivity index is 1.95. The number of benzene rings is 2. The molecule has 2 aromatic carbocycles. The quantitative estimate of drug-likeness (QED) is 0.784. The first-order chi connectivity index (χ1) is 10.1. The molecule has 0 aromatic heterocycles. The molecule has 4 heteroatoms. The summed E-state index contributed by atoms with van der Waals surface area (Å²) in [5.74, 6) is 0.0812. The summed E-state index contributed by atoms with van der Waals surface area (Å²) in [7, 11) is 1.84. The number of amides is 1. The molecule has 0 radical (unpaired) electrons. The van der Waals surface area contributed by atoms with Crippen LogP contribution in [0.15, 0.2) is 54.6 Å². The molecule has 3 nitrogen and oxygen atoms in total. The van der Waals surface area contributed by atoms with Crippen molar-refractivity contribution < 1.29 is 4.79 Å². The average Bonchev–Trinajstić information content (AvgIpc) is 2.47. The first-order valence-electron chi connectivity index (χ1n) is 6.87. The zero-order valence-electron chi connectivity index (χ0n) is 12.2. The van der Waals surface area contributed by atoms with E-state index in [1.807, 2.05) is 68.6 Å². The molecule has 0 aliphatic carbocycles. The van der Waals surface area contributed by atoms with Crippen molar-refractivity contribution in [3.63, 3.8) is 0 Å². The number of carbonyl (C=O) groups is 1. The predicted octanol–water partition coefficient (Wildman–Crippen LogP) is 3.75. The number of hydrogen-bond donors (Lipinski definition) is 1. The molecular formula is C17H19IN2O. The summed E-state index contributed by atoms with van der Waals surface area (Å²) in [6, 6.07) is 17.8. The van der Waals surface area contributed by atoms with Crippen molar-refractivity contribution in [2.75, 3.05) is 12.4 Å². The molecule has 0 aliphatic rings. The highest BCUT2D eigenvalue weighted by molar-refractivity contribution is 14.1. The van der Waals surface area contributed by atoms with Crippen molar-refractivity contribution in [1.29, 1.82) is 0 Å². The summed E-state index contributed by atoms with van der Waals surface area (Å²) in [6.45, 7) is 2.52. The second kappa shape index (κ2) is 7.45. The van der Waals surface area contributed by atoms with Gasteiger partial charge in [-0.1, -0.05) is 36.4 Å². The van der Waals surface area contributed by atoms with E-state index in [0.717, 1.165) is 14.8 Å². The molecule has 0 saturated heterocycles. The van der Waals surface area contributed by atoms with Crippen molar-refractivity contribution in [2.24, 2.45) is 0 Å². The summed E-state index contributed by atoms with van der Waals surface area (Å²) >= 11 is 2.26. The minimum Gasteiger partial charge on any atom is -0.374 e. The van der Waals surface area contributed by atoms with E-state index in [9.17, 15) is 4.79 Å². The molecule has 0 heterocycles. The Morgan fingerprint density at radius 3 is 2.57 bits per heavy atom. The lowest BCUT2D eigenvalue weighted by atomic mass is 10.2. The maximum absolute atomic E-state index is 12.4. The first-order valence-corrected chi connectivity index (χ1v) is 7.95. The molecule has 0 fully saturated rings. The molecule has 0 bridgehead atoms. The van der Waals surface area contributed by atoms with Crippen LogP contribution in [-0.4, -0.2) is 23.9 Å². The number of hydrogen-bond acceptors (Lipinski definition) is 2. The minimum absolute atomic E-state index is 0.0812. The molecule has 1 atom stereocenters. The van der Waals surface area contributed by atoms with Crippen molar-refractivity contribution in [3.05, 3.63) is 63.7 Å². The van der Waals surface area contributed by atoms with Gasteiger partial charge in [-0.25, -0.2) is 0 Å². The van der Waals surface area contributed by atoms with Gasteiger partial charge in [0.2, 0.25) is 5.91 Å². The zero-order chi connectivity index (χ0) is 15.2. The molecular weight excluding hydrogens is 375 g/mol. The Morgan fingerprint density at radius 1 is 1.19 bits per heavy atom. The summed E-state index contributed by atoms with van der Waals surface area (Å²) in [5, 5.41) is 3.25. The molecule has 110 valence electrons. The van der Waals surface area contributed by atoms with Crippen LogP contribution in [0.2, 0.25) is 0 Å². The third-order valence-electron chi connectivity index (χ3n) is 3.22. The van der Waals surface area contributed by atoms with Crippen LogP contribution in [0.4, 0.5) is 5.69 Å². The Kier molecular flexibility index (Phi) is 5.61. The molecule has 0 unspecified atom stereocenters. The Morgan fingerprint density at radius 2 is 1.90 bits per heavy atom. The molecule has 1 amide bonds. The predicted molar refractivity (Wildman–Crippen MR) is 95.2 cm³/mol. The highest BCUT2D eigenvalue weighted by Gasteiger charge is 2.17. The second-order valence-electron chi connectivity index (χ2n) is 5.06. The van der Waals surface area contributed by atoms with Crippen molar-refractivity contribution in [2.45, 2.75) is 19.5 Å². The number of nitrogens with zero attached hydrogens (tertiary/aromatic N) is 1. The van der Waals surface area contributed by atoms with Gasteiger partial charge in [0.15, 0.2) is 0 Å². The number of halogens is 1. The number of carbonyl (C=O) groups excluding carboxylic acids is 1. The van der Waals surface area contributed by atoms with Crippen molar-refractivity contribution >= 4 is 34.2 Å². The third-order valence-corrected chi connectivity index (χ3v) is 3.89. The van der Waals surface area contributed by atoms with Gasteiger partial charge < -0.3 is 10.2 Å². The van der Waals surface area contributed by atoms with Gasteiger partial charge in [0.1, 0.15) is 6.04 Å². The van der Waals surface area contributed by atoms with Crippen LogP contribution in [-0.2, 0) is 11.3 Å². The van der Waals surface area contributed by atoms with Gasteiger partial charge in [-0.05, 0) is 53.3 Å². The maximum atomic E-state index is 12.4. The van der Waals surface area contributed by atoms with E-state index in [4.69, 9.17) is 0 Å². The van der Waals surface area contributed by atoms with E-state index in [2.05, 4.69) is 27.9 Å². The standard InChI is InChI=1S/C17H19IN2O/c1-13(19-16-10-6-9-15(18)11-16)17(21)20(2)12-14-7-4-3-5-8-14/h3-11,13,19H,12H2,1-2H3/t13-/m1/s1. The summed E-state index contributed by atoms with van der Waals surface area (Å²) in [4.78, 5) is 14.1. The first kappa shape index (κ1) is 15.8. The lowest BCUT2D eigenvalue weighted by Gasteiger charge is -2.23. The van der Waals surface area contributed by atoms with Crippen LogP contribution in [0.5, 0.6) is 0 Å². The summed E-state index contributed by atoms with van der Waals surface area (Å²) in [6.07, 6.45) is 0. The Labute approximate surface area is 139 Å². The van der Waals surface area contributed by atoms with Crippen LogP contribution in [0, 0.1) is 3.57 Å². The van der Waals surface area contributed by atoms with Gasteiger partial charge in [-0.3, -0.25) is 4.79 Å². The molecule has 21 heavy (non-hydrogen) atoms. The Bertz CT molecular complexity index is 601. The maximum Gasteiger partial charge on any atom is 0.244 e. The fraction of sp³-hybridized carbons (Fsp3) is 0.235. The Hall–Kier alpha value is -1.56. The molecule has 2 rings (SSSR count). The van der Waals surface area contributed by atoms with E-state index in [1.54, 1.807) is 4.90 Å². The van der Waals surface area contributed by atoms with Gasteiger partial charge in [-0.15, -0.1) is 0 Å². The van der Waals surface area contributed by atoms with Crippen LogP contribution in [0.1, 0.15) is 12.5 Å². The molecule has 0 spiro atoms. The largest absolute Gasteiger partial charge is 0.374 e. The second-order valence-corrected chi connectivity index (χ2v) is 6.30. The fourth-order valence-electron chi connectivity index (χ4n) is 2.16. The molecule has 0 saturated carbocycles. The lowest BCUT2D eigenvalue weighted by Crippen LogP contribution is -2.38. The SMILES string of the molecule is C[C@@H](Nc1cccc(I)c1)C(=O)N(C)Cc1ccccc1. The minimum atomic E-state index is -0.253.